The molecule has 0 atom stereocenters. The van der Waals surface area contributed by atoms with E-state index in [1.807, 2.05) is 6.07 Å². The SMILES string of the molecule is CC1=CC(=N/C(=N\S(=O)(=O)c2ccccc2)c2ccccc2)C=CC1=O. The molecule has 0 saturated carbocycles. The number of ketones is 1. The van der Waals surface area contributed by atoms with E-state index < -0.39 is 10.0 Å². The van der Waals surface area contributed by atoms with Gasteiger partial charge in [0, 0.05) is 5.56 Å². The van der Waals surface area contributed by atoms with Crippen LogP contribution in [0.2, 0.25) is 0 Å². The zero-order valence-corrected chi connectivity index (χ0v) is 14.8. The van der Waals surface area contributed by atoms with Gasteiger partial charge in [0.25, 0.3) is 10.0 Å². The van der Waals surface area contributed by atoms with Gasteiger partial charge in [0.05, 0.1) is 10.6 Å². The van der Waals surface area contributed by atoms with Crippen LogP contribution >= 0.6 is 0 Å². The molecule has 2 aromatic carbocycles. The molecule has 0 amide bonds. The highest BCUT2D eigenvalue weighted by molar-refractivity contribution is 7.90. The Bertz CT molecular complexity index is 1050. The summed E-state index contributed by atoms with van der Waals surface area (Å²) in [5.74, 6) is -0.0356. The van der Waals surface area contributed by atoms with Crippen LogP contribution in [-0.4, -0.2) is 25.7 Å². The summed E-state index contributed by atoms with van der Waals surface area (Å²) in [6.07, 6.45) is 4.56. The first-order valence-electron chi connectivity index (χ1n) is 7.90. The van der Waals surface area contributed by atoms with E-state index in [-0.39, 0.29) is 16.5 Å². The van der Waals surface area contributed by atoms with Gasteiger partial charge in [0.15, 0.2) is 11.6 Å². The predicted molar refractivity (Wildman–Crippen MR) is 102 cm³/mol. The van der Waals surface area contributed by atoms with Crippen LogP contribution in [-0.2, 0) is 14.8 Å². The minimum absolute atomic E-state index is 0.0625. The molecule has 0 N–H and O–H groups in total. The van der Waals surface area contributed by atoms with Gasteiger partial charge >= 0.3 is 0 Å². The van der Waals surface area contributed by atoms with Crippen molar-refractivity contribution in [3.63, 3.8) is 0 Å². The number of hydrogen-bond donors (Lipinski definition) is 0. The number of nitrogens with zero attached hydrogens (tertiary/aromatic N) is 2. The van der Waals surface area contributed by atoms with Crippen molar-refractivity contribution in [3.8, 4) is 0 Å². The molecule has 0 saturated heterocycles. The summed E-state index contributed by atoms with van der Waals surface area (Å²) in [4.78, 5) is 16.0. The number of sulfonamides is 1. The first-order chi connectivity index (χ1) is 12.5. The summed E-state index contributed by atoms with van der Waals surface area (Å²) in [7, 11) is -3.91. The molecule has 0 spiro atoms. The second-order valence-electron chi connectivity index (χ2n) is 5.63. The summed E-state index contributed by atoms with van der Waals surface area (Å²) < 4.78 is 29.2. The molecular weight excluding hydrogens is 348 g/mol. The van der Waals surface area contributed by atoms with Crippen LogP contribution in [0.4, 0.5) is 0 Å². The molecule has 0 radical (unpaired) electrons. The molecule has 130 valence electrons. The van der Waals surface area contributed by atoms with Crippen molar-refractivity contribution < 1.29 is 13.2 Å². The fourth-order valence-corrected chi connectivity index (χ4v) is 3.29. The van der Waals surface area contributed by atoms with E-state index >= 15 is 0 Å². The fraction of sp³-hybridized carbons (Fsp3) is 0.0500. The normalized spacial score (nSPS) is 16.7. The van der Waals surface area contributed by atoms with E-state index in [0.717, 1.165) is 0 Å². The Labute approximate surface area is 152 Å². The molecule has 1 aliphatic carbocycles. The number of rotatable bonds is 3. The highest BCUT2D eigenvalue weighted by Crippen LogP contribution is 2.15. The van der Waals surface area contributed by atoms with E-state index in [9.17, 15) is 13.2 Å². The number of carbonyl (C=O) groups is 1. The second kappa shape index (κ2) is 7.41. The van der Waals surface area contributed by atoms with Crippen molar-refractivity contribution in [1.82, 2.24) is 0 Å². The van der Waals surface area contributed by atoms with Gasteiger partial charge in [-0.15, -0.1) is 4.40 Å². The van der Waals surface area contributed by atoms with Crippen LogP contribution in [0.1, 0.15) is 12.5 Å². The van der Waals surface area contributed by atoms with E-state index in [1.54, 1.807) is 61.5 Å². The number of aliphatic imine (C=N–C) groups is 1. The second-order valence-corrected chi connectivity index (χ2v) is 7.23. The molecule has 1 aliphatic rings. The minimum Gasteiger partial charge on any atom is -0.290 e. The number of hydrogen-bond acceptors (Lipinski definition) is 3. The predicted octanol–water partition coefficient (Wildman–Crippen LogP) is 3.35. The van der Waals surface area contributed by atoms with Crippen LogP contribution in [0.15, 0.2) is 98.8 Å². The third-order valence-electron chi connectivity index (χ3n) is 3.67. The van der Waals surface area contributed by atoms with Gasteiger partial charge in [-0.1, -0.05) is 48.5 Å². The van der Waals surface area contributed by atoms with Crippen molar-refractivity contribution in [2.45, 2.75) is 11.8 Å². The molecule has 0 bridgehead atoms. The van der Waals surface area contributed by atoms with Crippen LogP contribution in [0, 0.1) is 0 Å². The first-order valence-corrected chi connectivity index (χ1v) is 9.34. The molecule has 0 unspecified atom stereocenters. The molecule has 26 heavy (non-hydrogen) atoms. The maximum atomic E-state index is 12.6. The Kier molecular flexibility index (Phi) is 5.04. The maximum absolute atomic E-state index is 12.6. The Balaban J connectivity index is 2.11. The van der Waals surface area contributed by atoms with Gasteiger partial charge in [-0.05, 0) is 42.9 Å². The Morgan fingerprint density at radius 3 is 2.12 bits per heavy atom. The zero-order valence-electron chi connectivity index (χ0n) is 14.0. The lowest BCUT2D eigenvalue weighted by atomic mass is 10.1. The van der Waals surface area contributed by atoms with Crippen molar-refractivity contribution >= 4 is 27.4 Å². The lowest BCUT2D eigenvalue weighted by Crippen LogP contribution is -2.10. The van der Waals surface area contributed by atoms with Crippen molar-refractivity contribution in [2.75, 3.05) is 0 Å². The number of carbonyl (C=O) groups excluding carboxylic acids is 1. The molecule has 5 nitrogen and oxygen atoms in total. The summed E-state index contributed by atoms with van der Waals surface area (Å²) in [5, 5.41) is 0. The average Bonchev–Trinajstić information content (AvgIpc) is 2.65. The van der Waals surface area contributed by atoms with E-state index in [4.69, 9.17) is 0 Å². The fourth-order valence-electron chi connectivity index (χ4n) is 2.31. The number of benzene rings is 2. The van der Waals surface area contributed by atoms with E-state index in [1.165, 1.54) is 18.2 Å². The van der Waals surface area contributed by atoms with Gasteiger partial charge in [0.2, 0.25) is 0 Å². The van der Waals surface area contributed by atoms with E-state index in [2.05, 4.69) is 9.39 Å². The van der Waals surface area contributed by atoms with Gasteiger partial charge in [-0.25, -0.2) is 4.99 Å². The van der Waals surface area contributed by atoms with Crippen LogP contribution < -0.4 is 0 Å². The molecule has 0 heterocycles. The zero-order chi connectivity index (χ0) is 18.6. The topological polar surface area (TPSA) is 75.9 Å². The standard InChI is InChI=1S/C20H16N2O3S/c1-15-14-17(12-13-19(15)23)21-20(16-8-4-2-5-9-16)22-26(24,25)18-10-6-3-7-11-18/h2-14H,1H3/b21-17?,22-20-. The van der Waals surface area contributed by atoms with Crippen LogP contribution in [0.25, 0.3) is 0 Å². The Morgan fingerprint density at radius 1 is 0.885 bits per heavy atom. The molecule has 6 heteroatoms. The lowest BCUT2D eigenvalue weighted by molar-refractivity contribution is -0.111. The monoisotopic (exact) mass is 364 g/mol. The molecule has 2 aromatic rings. The molecule has 0 fully saturated rings. The maximum Gasteiger partial charge on any atom is 0.284 e. The number of amidine groups is 1. The minimum atomic E-state index is -3.91. The smallest absolute Gasteiger partial charge is 0.284 e. The quantitative estimate of drug-likeness (QED) is 0.476. The average molecular weight is 364 g/mol. The largest absolute Gasteiger partial charge is 0.290 e. The van der Waals surface area contributed by atoms with Crippen molar-refractivity contribution in [1.29, 1.82) is 0 Å². The van der Waals surface area contributed by atoms with Crippen molar-refractivity contribution in [3.05, 3.63) is 90.0 Å². The van der Waals surface area contributed by atoms with Gasteiger partial charge in [-0.3, -0.25) is 4.79 Å². The third-order valence-corrected chi connectivity index (χ3v) is 4.95. The van der Waals surface area contributed by atoms with Gasteiger partial charge in [-0.2, -0.15) is 8.42 Å². The molecule has 3 rings (SSSR count). The first kappa shape index (κ1) is 17.7. The highest BCUT2D eigenvalue weighted by Gasteiger charge is 2.16. The van der Waals surface area contributed by atoms with Crippen LogP contribution in [0.3, 0.4) is 0 Å². The van der Waals surface area contributed by atoms with Gasteiger partial charge in [0.1, 0.15) is 0 Å². The van der Waals surface area contributed by atoms with Crippen LogP contribution in [0.5, 0.6) is 0 Å². The lowest BCUT2D eigenvalue weighted by Gasteiger charge is -2.07. The number of allylic oxidation sites excluding steroid dienone is 4. The van der Waals surface area contributed by atoms with E-state index in [0.29, 0.717) is 16.8 Å². The highest BCUT2D eigenvalue weighted by atomic mass is 32.2. The van der Waals surface area contributed by atoms with Gasteiger partial charge < -0.3 is 0 Å². The summed E-state index contributed by atoms with van der Waals surface area (Å²) in [6.45, 7) is 1.68. The van der Waals surface area contributed by atoms with Crippen molar-refractivity contribution in [2.24, 2.45) is 9.39 Å². The summed E-state index contributed by atoms with van der Waals surface area (Å²) in [6, 6.07) is 16.8. The summed E-state index contributed by atoms with van der Waals surface area (Å²) >= 11 is 0. The Hall–Kier alpha value is -3.12. The Morgan fingerprint density at radius 2 is 1.50 bits per heavy atom. The third kappa shape index (κ3) is 4.10. The molecular formula is C20H16N2O3S. The molecule has 0 aliphatic heterocycles. The summed E-state index contributed by atoms with van der Waals surface area (Å²) in [5.41, 5.74) is 1.56. The molecule has 0 aromatic heterocycles.